The fourth-order valence-electron chi connectivity index (χ4n) is 3.02. The van der Waals surface area contributed by atoms with E-state index in [-0.39, 0.29) is 42.7 Å². The molecule has 2 amide bonds. The van der Waals surface area contributed by atoms with E-state index in [2.05, 4.69) is 16.7 Å². The number of carbonyl (C=O) groups excluding carboxylic acids is 2. The molecule has 1 aliphatic carbocycles. The van der Waals surface area contributed by atoms with Gasteiger partial charge in [-0.05, 0) is 30.5 Å². The van der Waals surface area contributed by atoms with Crippen molar-refractivity contribution in [2.45, 2.75) is 31.1 Å². The topological polar surface area (TPSA) is 84.2 Å². The summed E-state index contributed by atoms with van der Waals surface area (Å²) in [6.45, 7) is 0.409. The van der Waals surface area contributed by atoms with Crippen LogP contribution in [0.5, 0.6) is 0 Å². The van der Waals surface area contributed by atoms with Crippen molar-refractivity contribution in [3.05, 3.63) is 34.9 Å². The maximum absolute atomic E-state index is 11.9. The number of halogens is 2. The molecule has 0 heterocycles. The molecular formula is C16H23Cl2N3O2. The molecule has 1 aromatic rings. The van der Waals surface area contributed by atoms with Gasteiger partial charge in [-0.1, -0.05) is 36.6 Å². The molecule has 0 unspecified atom stereocenters. The molecule has 0 atom stereocenters. The lowest BCUT2D eigenvalue weighted by Crippen LogP contribution is -2.44. The van der Waals surface area contributed by atoms with Crippen molar-refractivity contribution >= 4 is 35.8 Å². The zero-order valence-electron chi connectivity index (χ0n) is 12.9. The lowest BCUT2D eigenvalue weighted by atomic mass is 9.79. The van der Waals surface area contributed by atoms with Crippen molar-refractivity contribution in [3.63, 3.8) is 0 Å². The second kappa shape index (κ2) is 9.11. The molecule has 5 nitrogen and oxygen atoms in total. The van der Waals surface area contributed by atoms with Crippen molar-refractivity contribution < 1.29 is 9.59 Å². The number of rotatable bonds is 6. The van der Waals surface area contributed by atoms with Gasteiger partial charge in [0.05, 0.1) is 13.1 Å². The van der Waals surface area contributed by atoms with Crippen LogP contribution in [-0.4, -0.2) is 31.4 Å². The third kappa shape index (κ3) is 5.37. The van der Waals surface area contributed by atoms with Crippen LogP contribution >= 0.6 is 24.0 Å². The number of amides is 2. The molecule has 23 heavy (non-hydrogen) atoms. The summed E-state index contributed by atoms with van der Waals surface area (Å²) in [7, 11) is 0. The van der Waals surface area contributed by atoms with E-state index >= 15 is 0 Å². The number of hydrogen-bond donors (Lipinski definition) is 3. The van der Waals surface area contributed by atoms with Crippen LogP contribution in [0, 0.1) is 0 Å². The first-order valence-corrected chi connectivity index (χ1v) is 7.93. The number of nitrogens with two attached hydrogens (primary N) is 1. The molecule has 4 N–H and O–H groups in total. The lowest BCUT2D eigenvalue weighted by Gasteiger charge is -2.30. The van der Waals surface area contributed by atoms with Gasteiger partial charge in [0, 0.05) is 17.0 Å². The molecule has 1 aromatic carbocycles. The Bertz CT molecular complexity index is 546. The Morgan fingerprint density at radius 2 is 1.87 bits per heavy atom. The molecule has 0 aliphatic heterocycles. The second-order valence-corrected chi connectivity index (χ2v) is 6.19. The van der Waals surface area contributed by atoms with Crippen LogP contribution in [0.1, 0.15) is 31.2 Å². The van der Waals surface area contributed by atoms with Crippen molar-refractivity contribution in [1.29, 1.82) is 0 Å². The molecule has 0 spiro atoms. The lowest BCUT2D eigenvalue weighted by molar-refractivity contribution is -0.125. The Balaban J connectivity index is 0.00000264. The molecule has 0 saturated heterocycles. The molecule has 1 fully saturated rings. The first kappa shape index (κ1) is 19.7. The third-order valence-electron chi connectivity index (χ3n) is 4.25. The predicted octanol–water partition coefficient (Wildman–Crippen LogP) is 1.76. The molecule has 1 aliphatic rings. The zero-order chi connectivity index (χ0) is 16.0. The number of nitrogens with one attached hydrogen (secondary N) is 2. The van der Waals surface area contributed by atoms with Crippen molar-refractivity contribution in [1.82, 2.24) is 10.6 Å². The Morgan fingerprint density at radius 3 is 2.48 bits per heavy atom. The molecule has 7 heteroatoms. The maximum atomic E-state index is 11.9. The van der Waals surface area contributed by atoms with E-state index in [0.29, 0.717) is 11.6 Å². The van der Waals surface area contributed by atoms with E-state index in [1.165, 1.54) is 5.56 Å². The fraction of sp³-hybridized carbons (Fsp3) is 0.500. The van der Waals surface area contributed by atoms with Crippen LogP contribution < -0.4 is 16.4 Å². The molecule has 2 rings (SSSR count). The van der Waals surface area contributed by atoms with Crippen molar-refractivity contribution in [2.75, 3.05) is 19.6 Å². The van der Waals surface area contributed by atoms with E-state index < -0.39 is 0 Å². The van der Waals surface area contributed by atoms with E-state index in [4.69, 9.17) is 17.3 Å². The Kier molecular flexibility index (Phi) is 7.82. The van der Waals surface area contributed by atoms with Gasteiger partial charge in [0.15, 0.2) is 0 Å². The standard InChI is InChI=1S/C16H22ClN3O2.ClH/c17-13-5-3-4-12(8-13)16(6-1-2-7-16)11-20-15(22)10-19-14(21)9-18;/h3-5,8H,1-2,6-7,9-11,18H2,(H,19,21)(H,20,22);1H. The summed E-state index contributed by atoms with van der Waals surface area (Å²) in [6.07, 6.45) is 4.35. The molecule has 0 aromatic heterocycles. The van der Waals surface area contributed by atoms with Crippen LogP contribution in [0.2, 0.25) is 5.02 Å². The highest BCUT2D eigenvalue weighted by Gasteiger charge is 2.35. The summed E-state index contributed by atoms with van der Waals surface area (Å²) in [5.74, 6) is -0.532. The van der Waals surface area contributed by atoms with Crippen molar-refractivity contribution in [2.24, 2.45) is 5.73 Å². The number of carbonyl (C=O) groups is 2. The van der Waals surface area contributed by atoms with Gasteiger partial charge in [-0.15, -0.1) is 12.4 Å². The zero-order valence-corrected chi connectivity index (χ0v) is 14.5. The van der Waals surface area contributed by atoms with Gasteiger partial charge in [0.25, 0.3) is 0 Å². The molecule has 0 bridgehead atoms. The monoisotopic (exact) mass is 359 g/mol. The highest BCUT2D eigenvalue weighted by molar-refractivity contribution is 6.30. The highest BCUT2D eigenvalue weighted by Crippen LogP contribution is 2.41. The van der Waals surface area contributed by atoms with E-state index in [1.807, 2.05) is 18.2 Å². The van der Waals surface area contributed by atoms with Crippen LogP contribution in [0.3, 0.4) is 0 Å². The predicted molar refractivity (Wildman–Crippen MR) is 93.9 cm³/mol. The van der Waals surface area contributed by atoms with Gasteiger partial charge in [0.2, 0.25) is 11.8 Å². The summed E-state index contributed by atoms with van der Waals surface area (Å²) < 4.78 is 0. The van der Waals surface area contributed by atoms with Gasteiger partial charge in [-0.25, -0.2) is 0 Å². The fourth-order valence-corrected chi connectivity index (χ4v) is 3.21. The largest absolute Gasteiger partial charge is 0.354 e. The summed E-state index contributed by atoms with van der Waals surface area (Å²) in [5, 5.41) is 6.11. The minimum Gasteiger partial charge on any atom is -0.354 e. The maximum Gasteiger partial charge on any atom is 0.239 e. The molecule has 128 valence electrons. The Morgan fingerprint density at radius 1 is 1.17 bits per heavy atom. The minimum atomic E-state index is -0.333. The van der Waals surface area contributed by atoms with Gasteiger partial charge < -0.3 is 16.4 Å². The Hall–Kier alpha value is -1.30. The number of hydrogen-bond acceptors (Lipinski definition) is 3. The van der Waals surface area contributed by atoms with Crippen LogP contribution in [0.25, 0.3) is 0 Å². The summed E-state index contributed by atoms with van der Waals surface area (Å²) in [5.41, 5.74) is 6.30. The molecule has 1 saturated carbocycles. The smallest absolute Gasteiger partial charge is 0.239 e. The summed E-state index contributed by atoms with van der Waals surface area (Å²) >= 11 is 6.10. The average Bonchev–Trinajstić information content (AvgIpc) is 3.00. The Labute approximate surface area is 147 Å². The quantitative estimate of drug-likeness (QED) is 0.723. The van der Waals surface area contributed by atoms with Gasteiger partial charge in [0.1, 0.15) is 0 Å². The molecular weight excluding hydrogens is 337 g/mol. The first-order valence-electron chi connectivity index (χ1n) is 7.55. The van der Waals surface area contributed by atoms with Gasteiger partial charge in [-0.3, -0.25) is 9.59 Å². The normalized spacial score (nSPS) is 15.6. The second-order valence-electron chi connectivity index (χ2n) is 5.76. The van der Waals surface area contributed by atoms with Gasteiger partial charge in [-0.2, -0.15) is 0 Å². The van der Waals surface area contributed by atoms with E-state index in [1.54, 1.807) is 0 Å². The number of benzene rings is 1. The average molecular weight is 360 g/mol. The third-order valence-corrected chi connectivity index (χ3v) is 4.49. The van der Waals surface area contributed by atoms with Crippen LogP contribution in [0.15, 0.2) is 24.3 Å². The van der Waals surface area contributed by atoms with Crippen LogP contribution in [0.4, 0.5) is 0 Å². The van der Waals surface area contributed by atoms with Gasteiger partial charge >= 0.3 is 0 Å². The summed E-state index contributed by atoms with van der Waals surface area (Å²) in [4.78, 5) is 22.9. The molecule has 0 radical (unpaired) electrons. The first-order chi connectivity index (χ1) is 10.6. The van der Waals surface area contributed by atoms with E-state index in [0.717, 1.165) is 25.7 Å². The highest BCUT2D eigenvalue weighted by atomic mass is 35.5. The minimum absolute atomic E-state index is 0. The van der Waals surface area contributed by atoms with Crippen molar-refractivity contribution in [3.8, 4) is 0 Å². The van der Waals surface area contributed by atoms with Crippen LogP contribution in [-0.2, 0) is 15.0 Å². The summed E-state index contributed by atoms with van der Waals surface area (Å²) in [6, 6.07) is 7.85. The SMILES string of the molecule is Cl.NCC(=O)NCC(=O)NCC1(c2cccc(Cl)c2)CCCC1. The van der Waals surface area contributed by atoms with E-state index in [9.17, 15) is 9.59 Å².